The molecule has 152 valence electrons. The number of anilines is 2. The molecule has 2 aromatic rings. The monoisotopic (exact) mass is 416 g/mol. The number of carbonyl (C=O) groups excluding carboxylic acids is 3. The van der Waals surface area contributed by atoms with Gasteiger partial charge in [-0.05, 0) is 43.4 Å². The lowest BCUT2D eigenvalue weighted by molar-refractivity contribution is -0.119. The highest BCUT2D eigenvalue weighted by Gasteiger charge is 2.27. The number of hydrogen-bond acceptors (Lipinski definition) is 7. The van der Waals surface area contributed by atoms with Crippen molar-refractivity contribution in [3.05, 3.63) is 34.2 Å². The molecule has 1 aromatic carbocycles. The van der Waals surface area contributed by atoms with E-state index in [0.29, 0.717) is 27.8 Å². The molecular weight excluding hydrogens is 396 g/mol. The molecule has 8 nitrogen and oxygen atoms in total. The van der Waals surface area contributed by atoms with Crippen LogP contribution in [0, 0.1) is 0 Å². The molecule has 0 unspecified atom stereocenters. The van der Waals surface area contributed by atoms with Gasteiger partial charge < -0.3 is 24.8 Å². The van der Waals surface area contributed by atoms with Gasteiger partial charge >= 0.3 is 5.97 Å². The predicted octanol–water partition coefficient (Wildman–Crippen LogP) is 3.11. The lowest BCUT2D eigenvalue weighted by atomic mass is 9.95. The summed E-state index contributed by atoms with van der Waals surface area (Å²) >= 11 is 1.41. The second-order valence-corrected chi connectivity index (χ2v) is 7.89. The highest BCUT2D eigenvalue weighted by Crippen LogP contribution is 2.38. The van der Waals surface area contributed by atoms with Crippen LogP contribution >= 0.6 is 11.3 Å². The Hall–Kier alpha value is -3.07. The molecule has 0 saturated heterocycles. The zero-order chi connectivity index (χ0) is 20.4. The number of thiophene rings is 1. The fraction of sp³-hybridized carbons (Fsp3) is 0.350. The summed E-state index contributed by atoms with van der Waals surface area (Å²) in [5.41, 5.74) is 1.81. The summed E-state index contributed by atoms with van der Waals surface area (Å²) in [5.74, 6) is -0.165. The van der Waals surface area contributed by atoms with Crippen LogP contribution in [-0.4, -0.2) is 31.2 Å². The third kappa shape index (κ3) is 4.19. The van der Waals surface area contributed by atoms with E-state index in [2.05, 4.69) is 10.6 Å². The molecule has 4 rings (SSSR count). The van der Waals surface area contributed by atoms with Crippen LogP contribution < -0.4 is 20.1 Å². The lowest BCUT2D eigenvalue weighted by Gasteiger charge is -2.13. The molecule has 2 aliphatic rings. The van der Waals surface area contributed by atoms with Gasteiger partial charge in [0.15, 0.2) is 18.1 Å². The standard InChI is InChI=1S/C20H20N2O6S/c1-11(23)21-19-18(13-4-2-3-5-16(13)29-19)20(25)26-9-17(24)22-12-6-7-14-15(8-12)28-10-27-14/h6-8H,2-5,9-10H2,1H3,(H,21,23)(H,22,24). The molecule has 0 radical (unpaired) electrons. The van der Waals surface area contributed by atoms with E-state index in [9.17, 15) is 14.4 Å². The Balaban J connectivity index is 1.42. The first kappa shape index (κ1) is 19.3. The summed E-state index contributed by atoms with van der Waals surface area (Å²) in [7, 11) is 0. The summed E-state index contributed by atoms with van der Waals surface area (Å²) < 4.78 is 15.8. The van der Waals surface area contributed by atoms with E-state index >= 15 is 0 Å². The number of aryl methyl sites for hydroxylation is 1. The van der Waals surface area contributed by atoms with E-state index in [4.69, 9.17) is 14.2 Å². The molecule has 0 atom stereocenters. The van der Waals surface area contributed by atoms with E-state index in [0.717, 1.165) is 36.1 Å². The number of benzene rings is 1. The van der Waals surface area contributed by atoms with Gasteiger partial charge in [0, 0.05) is 23.6 Å². The predicted molar refractivity (Wildman–Crippen MR) is 107 cm³/mol. The van der Waals surface area contributed by atoms with Crippen LogP contribution in [0.25, 0.3) is 0 Å². The Morgan fingerprint density at radius 2 is 1.90 bits per heavy atom. The summed E-state index contributed by atoms with van der Waals surface area (Å²) in [6.45, 7) is 1.11. The molecule has 9 heteroatoms. The average molecular weight is 416 g/mol. The van der Waals surface area contributed by atoms with Crippen LogP contribution in [0.5, 0.6) is 11.5 Å². The number of ether oxygens (including phenoxy) is 3. The Morgan fingerprint density at radius 1 is 1.10 bits per heavy atom. The number of fused-ring (bicyclic) bond motifs is 2. The highest BCUT2D eigenvalue weighted by molar-refractivity contribution is 7.17. The van der Waals surface area contributed by atoms with Crippen molar-refractivity contribution in [2.75, 3.05) is 24.0 Å². The fourth-order valence-electron chi connectivity index (χ4n) is 3.40. The molecule has 1 aliphatic carbocycles. The minimum atomic E-state index is -0.603. The van der Waals surface area contributed by atoms with Gasteiger partial charge in [0.2, 0.25) is 12.7 Å². The van der Waals surface area contributed by atoms with Gasteiger partial charge in [0.25, 0.3) is 5.91 Å². The van der Waals surface area contributed by atoms with Crippen LogP contribution in [-0.2, 0) is 27.2 Å². The van der Waals surface area contributed by atoms with Crippen LogP contribution in [0.15, 0.2) is 18.2 Å². The number of amides is 2. The van der Waals surface area contributed by atoms with Crippen molar-refractivity contribution in [1.82, 2.24) is 0 Å². The van der Waals surface area contributed by atoms with Crippen molar-refractivity contribution >= 4 is 39.8 Å². The summed E-state index contributed by atoms with van der Waals surface area (Å²) in [6, 6.07) is 5.02. The van der Waals surface area contributed by atoms with E-state index < -0.39 is 18.5 Å². The Morgan fingerprint density at radius 3 is 2.72 bits per heavy atom. The van der Waals surface area contributed by atoms with E-state index in [1.807, 2.05) is 0 Å². The molecule has 0 fully saturated rings. The van der Waals surface area contributed by atoms with Gasteiger partial charge in [-0.1, -0.05) is 0 Å². The minimum Gasteiger partial charge on any atom is -0.454 e. The Bertz CT molecular complexity index is 984. The molecule has 0 spiro atoms. The summed E-state index contributed by atoms with van der Waals surface area (Å²) in [4.78, 5) is 37.5. The number of carbonyl (C=O) groups is 3. The molecule has 0 saturated carbocycles. The van der Waals surface area contributed by atoms with Crippen molar-refractivity contribution in [1.29, 1.82) is 0 Å². The lowest BCUT2D eigenvalue weighted by Crippen LogP contribution is -2.22. The maximum Gasteiger partial charge on any atom is 0.341 e. The fourth-order valence-corrected chi connectivity index (χ4v) is 4.73. The molecular formula is C20H20N2O6S. The molecule has 29 heavy (non-hydrogen) atoms. The number of rotatable bonds is 5. The number of nitrogens with one attached hydrogen (secondary N) is 2. The largest absolute Gasteiger partial charge is 0.454 e. The van der Waals surface area contributed by atoms with E-state index in [-0.39, 0.29) is 12.7 Å². The summed E-state index contributed by atoms with van der Waals surface area (Å²) in [6.07, 6.45) is 3.68. The van der Waals surface area contributed by atoms with Crippen molar-refractivity contribution < 1.29 is 28.6 Å². The van der Waals surface area contributed by atoms with Crippen LogP contribution in [0.1, 0.15) is 40.6 Å². The zero-order valence-corrected chi connectivity index (χ0v) is 16.6. The van der Waals surface area contributed by atoms with Gasteiger partial charge in [0.05, 0.1) is 5.56 Å². The smallest absolute Gasteiger partial charge is 0.341 e. The third-order valence-corrected chi connectivity index (χ3v) is 5.86. The van der Waals surface area contributed by atoms with Crippen molar-refractivity contribution in [3.63, 3.8) is 0 Å². The minimum absolute atomic E-state index is 0.145. The SMILES string of the molecule is CC(=O)Nc1sc2c(c1C(=O)OCC(=O)Nc1ccc3c(c1)OCO3)CCCC2. The maximum absolute atomic E-state index is 12.7. The first-order valence-corrected chi connectivity index (χ1v) is 10.1. The zero-order valence-electron chi connectivity index (χ0n) is 15.8. The van der Waals surface area contributed by atoms with Gasteiger partial charge in [-0.15, -0.1) is 11.3 Å². The molecule has 1 aliphatic heterocycles. The Labute approximate surface area is 171 Å². The van der Waals surface area contributed by atoms with Crippen molar-refractivity contribution in [2.24, 2.45) is 0 Å². The molecule has 0 bridgehead atoms. The molecule has 2 heterocycles. The van der Waals surface area contributed by atoms with Gasteiger partial charge in [-0.3, -0.25) is 9.59 Å². The van der Waals surface area contributed by atoms with Crippen molar-refractivity contribution in [2.45, 2.75) is 32.6 Å². The van der Waals surface area contributed by atoms with E-state index in [1.165, 1.54) is 18.3 Å². The van der Waals surface area contributed by atoms with Gasteiger partial charge in [0.1, 0.15) is 5.00 Å². The number of esters is 1. The van der Waals surface area contributed by atoms with Crippen LogP contribution in [0.2, 0.25) is 0 Å². The second kappa shape index (κ2) is 8.12. The molecule has 1 aromatic heterocycles. The quantitative estimate of drug-likeness (QED) is 0.726. The normalized spacial score (nSPS) is 14.1. The first-order valence-electron chi connectivity index (χ1n) is 9.30. The van der Waals surface area contributed by atoms with Crippen molar-refractivity contribution in [3.8, 4) is 11.5 Å². The highest BCUT2D eigenvalue weighted by atomic mass is 32.1. The number of hydrogen-bond donors (Lipinski definition) is 2. The van der Waals surface area contributed by atoms with Gasteiger partial charge in [-0.25, -0.2) is 4.79 Å². The summed E-state index contributed by atoms with van der Waals surface area (Å²) in [5, 5.41) is 5.87. The maximum atomic E-state index is 12.7. The van der Waals surface area contributed by atoms with Crippen LogP contribution in [0.3, 0.4) is 0 Å². The third-order valence-electron chi connectivity index (χ3n) is 4.66. The Kier molecular flexibility index (Phi) is 5.39. The first-order chi connectivity index (χ1) is 14.0. The average Bonchev–Trinajstić information content (AvgIpc) is 3.29. The molecule has 2 amide bonds. The topological polar surface area (TPSA) is 103 Å². The van der Waals surface area contributed by atoms with Gasteiger partial charge in [-0.2, -0.15) is 0 Å². The van der Waals surface area contributed by atoms with Crippen LogP contribution in [0.4, 0.5) is 10.7 Å². The molecule has 2 N–H and O–H groups in total. The second-order valence-electron chi connectivity index (χ2n) is 6.79. The van der Waals surface area contributed by atoms with E-state index in [1.54, 1.807) is 18.2 Å².